The van der Waals surface area contributed by atoms with Gasteiger partial charge in [0, 0.05) is 11.3 Å². The van der Waals surface area contributed by atoms with Gasteiger partial charge in [-0.25, -0.2) is 9.78 Å². The van der Waals surface area contributed by atoms with E-state index >= 15 is 0 Å². The smallest absolute Gasteiger partial charge is 0.357 e. The molecule has 1 aliphatic rings. The summed E-state index contributed by atoms with van der Waals surface area (Å²) < 4.78 is 15.2. The molecule has 3 rings (SSSR count). The van der Waals surface area contributed by atoms with Crippen molar-refractivity contribution in [3.05, 3.63) is 52.8 Å². The Hall–Kier alpha value is -2.89. The van der Waals surface area contributed by atoms with Gasteiger partial charge in [0.25, 0.3) is 0 Å². The molecule has 0 fully saturated rings. The van der Waals surface area contributed by atoms with Crippen LogP contribution in [0.1, 0.15) is 32.1 Å². The fourth-order valence-corrected chi connectivity index (χ4v) is 2.19. The zero-order chi connectivity index (χ0) is 15.7. The molecule has 0 N–H and O–H groups in total. The van der Waals surface area contributed by atoms with Crippen molar-refractivity contribution >= 4 is 11.8 Å². The predicted octanol–water partition coefficient (Wildman–Crippen LogP) is 2.14. The zero-order valence-corrected chi connectivity index (χ0v) is 12.1. The van der Waals surface area contributed by atoms with E-state index in [1.54, 1.807) is 37.3 Å². The van der Waals surface area contributed by atoms with Gasteiger partial charge in [0.05, 0.1) is 12.7 Å². The van der Waals surface area contributed by atoms with E-state index in [4.69, 9.17) is 14.2 Å². The molecule has 0 atom stereocenters. The van der Waals surface area contributed by atoms with Crippen LogP contribution in [-0.2, 0) is 4.74 Å². The predicted molar refractivity (Wildman–Crippen MR) is 76.3 cm³/mol. The number of hydrogen-bond acceptors (Lipinski definition) is 6. The summed E-state index contributed by atoms with van der Waals surface area (Å²) in [6.45, 7) is 1.87. The van der Waals surface area contributed by atoms with Crippen LogP contribution in [0.15, 0.2) is 30.3 Å². The normalized spacial score (nSPS) is 12.1. The van der Waals surface area contributed by atoms with Gasteiger partial charge in [0.1, 0.15) is 0 Å². The Morgan fingerprint density at radius 1 is 1.14 bits per heavy atom. The molecule has 22 heavy (non-hydrogen) atoms. The molecule has 0 unspecified atom stereocenters. The molecule has 0 saturated carbocycles. The highest BCUT2D eigenvalue weighted by Gasteiger charge is 2.23. The minimum atomic E-state index is -0.646. The Balaban J connectivity index is 2.04. The first-order valence-corrected chi connectivity index (χ1v) is 6.60. The van der Waals surface area contributed by atoms with E-state index in [9.17, 15) is 9.59 Å². The zero-order valence-electron chi connectivity index (χ0n) is 12.1. The Morgan fingerprint density at radius 2 is 1.91 bits per heavy atom. The van der Waals surface area contributed by atoms with E-state index in [0.717, 1.165) is 0 Å². The number of aromatic nitrogens is 1. The van der Waals surface area contributed by atoms with Crippen LogP contribution >= 0.6 is 0 Å². The lowest BCUT2D eigenvalue weighted by Crippen LogP contribution is -2.14. The highest BCUT2D eigenvalue weighted by molar-refractivity contribution is 6.14. The van der Waals surface area contributed by atoms with Crippen LogP contribution in [-0.4, -0.2) is 30.6 Å². The van der Waals surface area contributed by atoms with Crippen LogP contribution in [0.25, 0.3) is 0 Å². The van der Waals surface area contributed by atoms with Gasteiger partial charge in [0.2, 0.25) is 6.79 Å². The average molecular weight is 299 g/mol. The average Bonchev–Trinajstić information content (AvgIpc) is 3.00. The Morgan fingerprint density at radius 3 is 2.68 bits per heavy atom. The first kappa shape index (κ1) is 14.1. The Labute approximate surface area is 126 Å². The summed E-state index contributed by atoms with van der Waals surface area (Å²) in [4.78, 5) is 28.6. The highest BCUT2D eigenvalue weighted by atomic mass is 16.7. The summed E-state index contributed by atoms with van der Waals surface area (Å²) in [6, 6.07) is 8.12. The lowest BCUT2D eigenvalue weighted by atomic mass is 10.0. The minimum absolute atomic E-state index is 0.00478. The number of benzene rings is 1. The van der Waals surface area contributed by atoms with E-state index < -0.39 is 5.97 Å². The van der Waals surface area contributed by atoms with Crippen molar-refractivity contribution in [3.63, 3.8) is 0 Å². The van der Waals surface area contributed by atoms with Crippen molar-refractivity contribution in [2.75, 3.05) is 13.9 Å². The fraction of sp³-hybridized carbons (Fsp3) is 0.188. The van der Waals surface area contributed by atoms with Crippen molar-refractivity contribution in [1.82, 2.24) is 4.98 Å². The molecular formula is C16H13NO5. The van der Waals surface area contributed by atoms with E-state index in [2.05, 4.69) is 4.98 Å². The van der Waals surface area contributed by atoms with Gasteiger partial charge in [-0.05, 0) is 37.3 Å². The number of pyridine rings is 1. The topological polar surface area (TPSA) is 74.7 Å². The molecule has 2 heterocycles. The summed E-state index contributed by atoms with van der Waals surface area (Å²) in [5, 5.41) is 0. The number of nitrogens with zero attached hydrogens (tertiary/aromatic N) is 1. The maximum Gasteiger partial charge on any atom is 0.357 e. The van der Waals surface area contributed by atoms with Gasteiger partial charge < -0.3 is 14.2 Å². The molecule has 0 amide bonds. The molecule has 0 saturated heterocycles. The van der Waals surface area contributed by atoms with Crippen molar-refractivity contribution in [3.8, 4) is 11.5 Å². The summed E-state index contributed by atoms with van der Waals surface area (Å²) in [6.07, 6.45) is 0. The minimum Gasteiger partial charge on any atom is -0.464 e. The summed E-state index contributed by atoms with van der Waals surface area (Å²) in [5.41, 5.74) is 1.21. The van der Waals surface area contributed by atoms with Crippen molar-refractivity contribution in [1.29, 1.82) is 0 Å². The lowest BCUT2D eigenvalue weighted by Gasteiger charge is -2.08. The highest BCUT2D eigenvalue weighted by Crippen LogP contribution is 2.33. The molecule has 0 aliphatic carbocycles. The lowest BCUT2D eigenvalue weighted by molar-refractivity contribution is 0.0590. The van der Waals surface area contributed by atoms with Gasteiger partial charge in [-0.1, -0.05) is 0 Å². The van der Waals surface area contributed by atoms with Gasteiger partial charge in [-0.2, -0.15) is 0 Å². The van der Waals surface area contributed by atoms with Crippen LogP contribution in [0.4, 0.5) is 0 Å². The number of carbonyl (C=O) groups excluding carboxylic acids is 2. The molecule has 1 aromatic heterocycles. The fourth-order valence-electron chi connectivity index (χ4n) is 2.19. The standard InChI is InChI=1S/C16H13NO5/c1-9-3-5-11(14(17-9)16(19)20-2)15(18)10-4-6-12-13(7-10)22-8-21-12/h3-7H,8H2,1-2H3. The van der Waals surface area contributed by atoms with E-state index in [0.29, 0.717) is 22.8 Å². The summed E-state index contributed by atoms with van der Waals surface area (Å²) in [5.74, 6) is 0.122. The number of methoxy groups -OCH3 is 1. The summed E-state index contributed by atoms with van der Waals surface area (Å²) >= 11 is 0. The number of hydrogen-bond donors (Lipinski definition) is 0. The second-order valence-electron chi connectivity index (χ2n) is 4.74. The van der Waals surface area contributed by atoms with Crippen LogP contribution in [0.2, 0.25) is 0 Å². The van der Waals surface area contributed by atoms with Crippen LogP contribution < -0.4 is 9.47 Å². The molecule has 1 aliphatic heterocycles. The largest absolute Gasteiger partial charge is 0.464 e. The second-order valence-corrected chi connectivity index (χ2v) is 4.74. The number of fused-ring (bicyclic) bond motifs is 1. The van der Waals surface area contributed by atoms with Crippen molar-refractivity contribution < 1.29 is 23.8 Å². The maximum atomic E-state index is 12.7. The molecular weight excluding hydrogens is 286 g/mol. The summed E-state index contributed by atoms with van der Waals surface area (Å²) in [7, 11) is 1.25. The molecule has 0 bridgehead atoms. The third-order valence-corrected chi connectivity index (χ3v) is 3.29. The van der Waals surface area contributed by atoms with E-state index in [1.807, 2.05) is 0 Å². The molecule has 1 aromatic carbocycles. The first-order valence-electron chi connectivity index (χ1n) is 6.60. The SMILES string of the molecule is COC(=O)c1nc(C)ccc1C(=O)c1ccc2c(c1)OCO2. The molecule has 112 valence electrons. The Kier molecular flexibility index (Phi) is 3.50. The van der Waals surface area contributed by atoms with Gasteiger partial charge in [-0.3, -0.25) is 4.79 Å². The van der Waals surface area contributed by atoms with Gasteiger partial charge >= 0.3 is 5.97 Å². The molecule has 0 radical (unpaired) electrons. The number of rotatable bonds is 3. The third kappa shape index (κ3) is 2.39. The van der Waals surface area contributed by atoms with Gasteiger partial charge in [0.15, 0.2) is 23.0 Å². The van der Waals surface area contributed by atoms with Crippen molar-refractivity contribution in [2.45, 2.75) is 6.92 Å². The number of esters is 1. The number of carbonyl (C=O) groups is 2. The second kappa shape index (κ2) is 5.48. The quantitative estimate of drug-likeness (QED) is 0.638. The monoisotopic (exact) mass is 299 g/mol. The Bertz CT molecular complexity index is 769. The van der Waals surface area contributed by atoms with Gasteiger partial charge in [-0.15, -0.1) is 0 Å². The van der Waals surface area contributed by atoms with E-state index in [1.165, 1.54) is 7.11 Å². The van der Waals surface area contributed by atoms with Crippen LogP contribution in [0.5, 0.6) is 11.5 Å². The maximum absolute atomic E-state index is 12.7. The first-order chi connectivity index (χ1) is 10.6. The molecule has 2 aromatic rings. The molecule has 6 heteroatoms. The number of ether oxygens (including phenoxy) is 3. The third-order valence-electron chi connectivity index (χ3n) is 3.29. The number of ketones is 1. The van der Waals surface area contributed by atoms with Crippen LogP contribution in [0, 0.1) is 6.92 Å². The van der Waals surface area contributed by atoms with E-state index in [-0.39, 0.29) is 23.8 Å². The molecule has 6 nitrogen and oxygen atoms in total. The number of aryl methyl sites for hydroxylation is 1. The van der Waals surface area contributed by atoms with Crippen LogP contribution in [0.3, 0.4) is 0 Å². The molecule has 0 spiro atoms. The van der Waals surface area contributed by atoms with Crippen molar-refractivity contribution in [2.24, 2.45) is 0 Å².